The number of piperazine rings is 1. The molecule has 0 aliphatic carbocycles. The van der Waals surface area contributed by atoms with Gasteiger partial charge in [-0.2, -0.15) is 0 Å². The Morgan fingerprint density at radius 3 is 2.37 bits per heavy atom. The second-order valence-corrected chi connectivity index (χ2v) is 6.11. The van der Waals surface area contributed by atoms with Gasteiger partial charge in [0.1, 0.15) is 0 Å². The van der Waals surface area contributed by atoms with Crippen molar-refractivity contribution >= 4 is 17.9 Å². The van der Waals surface area contributed by atoms with Gasteiger partial charge in [-0.25, -0.2) is 14.8 Å². The van der Waals surface area contributed by atoms with Crippen LogP contribution in [0.3, 0.4) is 0 Å². The number of benzene rings is 1. The lowest BCUT2D eigenvalue weighted by Gasteiger charge is -2.33. The standard InChI is InChI=1S/C19H23N5O3/c1-2-27-19(26)24-10-8-23(9-11-24)18-21-13-16(14-22-18)17(25)20-12-15-6-4-3-5-7-15/h3-7,13-14H,2,8-12H2,1H3,(H,20,25). The van der Waals surface area contributed by atoms with E-state index in [1.165, 1.54) is 12.4 Å². The molecule has 0 unspecified atom stereocenters. The fourth-order valence-corrected chi connectivity index (χ4v) is 2.79. The molecule has 2 amide bonds. The van der Waals surface area contributed by atoms with Crippen LogP contribution in [0.4, 0.5) is 10.7 Å². The van der Waals surface area contributed by atoms with Gasteiger partial charge in [-0.1, -0.05) is 30.3 Å². The first kappa shape index (κ1) is 18.6. The van der Waals surface area contributed by atoms with Crippen LogP contribution in [0.15, 0.2) is 42.7 Å². The van der Waals surface area contributed by atoms with Crippen LogP contribution in [0.5, 0.6) is 0 Å². The maximum atomic E-state index is 12.2. The number of nitrogens with zero attached hydrogens (tertiary/aromatic N) is 4. The number of amides is 2. The van der Waals surface area contributed by atoms with Crippen LogP contribution in [0.25, 0.3) is 0 Å². The van der Waals surface area contributed by atoms with E-state index in [2.05, 4.69) is 15.3 Å². The van der Waals surface area contributed by atoms with Crippen LogP contribution in [0.1, 0.15) is 22.8 Å². The summed E-state index contributed by atoms with van der Waals surface area (Å²) in [7, 11) is 0. The number of nitrogens with one attached hydrogen (secondary N) is 1. The predicted octanol–water partition coefficient (Wildman–Crippen LogP) is 1.69. The van der Waals surface area contributed by atoms with Crippen LogP contribution in [0.2, 0.25) is 0 Å². The molecule has 0 radical (unpaired) electrons. The van der Waals surface area contributed by atoms with Crippen molar-refractivity contribution in [2.45, 2.75) is 13.5 Å². The number of aromatic nitrogens is 2. The molecule has 8 heteroatoms. The van der Waals surface area contributed by atoms with E-state index in [0.717, 1.165) is 5.56 Å². The van der Waals surface area contributed by atoms with Gasteiger partial charge in [0.15, 0.2) is 0 Å². The molecule has 3 rings (SSSR count). The van der Waals surface area contributed by atoms with Crippen molar-refractivity contribution in [3.05, 3.63) is 53.9 Å². The number of hydrogen-bond donors (Lipinski definition) is 1. The summed E-state index contributed by atoms with van der Waals surface area (Å²) in [5.74, 6) is 0.343. The van der Waals surface area contributed by atoms with E-state index >= 15 is 0 Å². The van der Waals surface area contributed by atoms with Crippen LogP contribution in [0, 0.1) is 0 Å². The highest BCUT2D eigenvalue weighted by molar-refractivity contribution is 5.93. The minimum Gasteiger partial charge on any atom is -0.450 e. The van der Waals surface area contributed by atoms with E-state index in [9.17, 15) is 9.59 Å². The molecule has 0 spiro atoms. The third-order valence-corrected chi connectivity index (χ3v) is 4.28. The Morgan fingerprint density at radius 2 is 1.74 bits per heavy atom. The van der Waals surface area contributed by atoms with E-state index in [-0.39, 0.29) is 12.0 Å². The number of ether oxygens (including phenoxy) is 1. The Balaban J connectivity index is 1.51. The van der Waals surface area contributed by atoms with Crippen LogP contribution >= 0.6 is 0 Å². The van der Waals surface area contributed by atoms with E-state index in [1.807, 2.05) is 35.2 Å². The summed E-state index contributed by atoms with van der Waals surface area (Å²) in [5.41, 5.74) is 1.45. The fourth-order valence-electron chi connectivity index (χ4n) is 2.79. The minimum absolute atomic E-state index is 0.211. The Morgan fingerprint density at radius 1 is 1.07 bits per heavy atom. The van der Waals surface area contributed by atoms with Gasteiger partial charge in [-0.15, -0.1) is 0 Å². The molecule has 2 heterocycles. The summed E-state index contributed by atoms with van der Waals surface area (Å²) in [4.78, 5) is 36.2. The normalized spacial score (nSPS) is 14.0. The largest absolute Gasteiger partial charge is 0.450 e. The topological polar surface area (TPSA) is 87.7 Å². The maximum absolute atomic E-state index is 12.2. The Bertz CT molecular complexity index is 759. The molecule has 1 aliphatic heterocycles. The van der Waals surface area contributed by atoms with Gasteiger partial charge in [-0.05, 0) is 12.5 Å². The van der Waals surface area contributed by atoms with Crippen molar-refractivity contribution in [1.82, 2.24) is 20.2 Å². The fraction of sp³-hybridized carbons (Fsp3) is 0.368. The van der Waals surface area contributed by atoms with Crippen molar-refractivity contribution in [1.29, 1.82) is 0 Å². The number of anilines is 1. The molecule has 1 N–H and O–H groups in total. The van der Waals surface area contributed by atoms with Gasteiger partial charge in [0.25, 0.3) is 5.91 Å². The van der Waals surface area contributed by atoms with E-state index in [0.29, 0.717) is 50.8 Å². The molecule has 1 aromatic carbocycles. The second-order valence-electron chi connectivity index (χ2n) is 6.11. The molecule has 142 valence electrons. The zero-order chi connectivity index (χ0) is 19.1. The van der Waals surface area contributed by atoms with E-state index < -0.39 is 0 Å². The second kappa shape index (κ2) is 8.98. The predicted molar refractivity (Wildman–Crippen MR) is 100 cm³/mol. The van der Waals surface area contributed by atoms with Crippen molar-refractivity contribution in [3.63, 3.8) is 0 Å². The highest BCUT2D eigenvalue weighted by Gasteiger charge is 2.23. The smallest absolute Gasteiger partial charge is 0.409 e. The number of carbonyl (C=O) groups excluding carboxylic acids is 2. The lowest BCUT2D eigenvalue weighted by molar-refractivity contribution is 0.0949. The van der Waals surface area contributed by atoms with Crippen molar-refractivity contribution in [2.75, 3.05) is 37.7 Å². The molecular weight excluding hydrogens is 346 g/mol. The van der Waals surface area contributed by atoms with Gasteiger partial charge >= 0.3 is 6.09 Å². The molecule has 27 heavy (non-hydrogen) atoms. The van der Waals surface area contributed by atoms with Crippen molar-refractivity contribution < 1.29 is 14.3 Å². The molecule has 1 fully saturated rings. The average Bonchev–Trinajstić information content (AvgIpc) is 2.73. The van der Waals surface area contributed by atoms with Crippen molar-refractivity contribution in [2.24, 2.45) is 0 Å². The zero-order valence-corrected chi connectivity index (χ0v) is 15.3. The van der Waals surface area contributed by atoms with E-state index in [1.54, 1.807) is 11.8 Å². The molecule has 8 nitrogen and oxygen atoms in total. The van der Waals surface area contributed by atoms with Gasteiger partial charge in [0.05, 0.1) is 12.2 Å². The maximum Gasteiger partial charge on any atom is 0.409 e. The first-order valence-electron chi connectivity index (χ1n) is 8.98. The van der Waals surface area contributed by atoms with Gasteiger partial charge in [0, 0.05) is 45.1 Å². The summed E-state index contributed by atoms with van der Waals surface area (Å²) in [6.45, 7) is 4.98. The molecule has 1 aromatic heterocycles. The Hall–Kier alpha value is -3.16. The van der Waals surface area contributed by atoms with E-state index in [4.69, 9.17) is 4.74 Å². The zero-order valence-electron chi connectivity index (χ0n) is 15.3. The first-order valence-corrected chi connectivity index (χ1v) is 8.98. The number of rotatable bonds is 5. The SMILES string of the molecule is CCOC(=O)N1CCN(c2ncc(C(=O)NCc3ccccc3)cn2)CC1. The molecular formula is C19H23N5O3. The van der Waals surface area contributed by atoms with Crippen molar-refractivity contribution in [3.8, 4) is 0 Å². The summed E-state index contributed by atoms with van der Waals surface area (Å²) >= 11 is 0. The molecule has 1 aliphatic rings. The lowest BCUT2D eigenvalue weighted by atomic mass is 10.2. The molecule has 2 aromatic rings. The first-order chi connectivity index (χ1) is 13.2. The monoisotopic (exact) mass is 369 g/mol. The van der Waals surface area contributed by atoms with Crippen LogP contribution in [-0.2, 0) is 11.3 Å². The third kappa shape index (κ3) is 4.93. The number of carbonyl (C=O) groups is 2. The highest BCUT2D eigenvalue weighted by atomic mass is 16.6. The summed E-state index contributed by atoms with van der Waals surface area (Å²) in [6, 6.07) is 9.71. The van der Waals surface area contributed by atoms with Gasteiger partial charge in [-0.3, -0.25) is 4.79 Å². The number of hydrogen-bond acceptors (Lipinski definition) is 6. The van der Waals surface area contributed by atoms with Gasteiger partial charge < -0.3 is 19.9 Å². The third-order valence-electron chi connectivity index (χ3n) is 4.28. The molecule has 0 bridgehead atoms. The average molecular weight is 369 g/mol. The highest BCUT2D eigenvalue weighted by Crippen LogP contribution is 2.12. The lowest BCUT2D eigenvalue weighted by Crippen LogP contribution is -2.49. The Kier molecular flexibility index (Phi) is 6.19. The van der Waals surface area contributed by atoms with Crippen LogP contribution < -0.4 is 10.2 Å². The van der Waals surface area contributed by atoms with Crippen LogP contribution in [-0.4, -0.2) is 59.7 Å². The van der Waals surface area contributed by atoms with Gasteiger partial charge in [0.2, 0.25) is 5.95 Å². The molecule has 0 saturated carbocycles. The molecule has 1 saturated heterocycles. The quantitative estimate of drug-likeness (QED) is 0.863. The summed E-state index contributed by atoms with van der Waals surface area (Å²) in [5, 5.41) is 2.85. The summed E-state index contributed by atoms with van der Waals surface area (Å²) in [6.07, 6.45) is 2.77. The Labute approximate surface area is 158 Å². The minimum atomic E-state index is -0.288. The molecule has 0 atom stereocenters. The summed E-state index contributed by atoms with van der Waals surface area (Å²) < 4.78 is 5.01.